The van der Waals surface area contributed by atoms with Crippen molar-refractivity contribution in [2.24, 2.45) is 23.0 Å². The number of amides is 3. The van der Waals surface area contributed by atoms with Gasteiger partial charge in [0.25, 0.3) is 0 Å². The van der Waals surface area contributed by atoms with Crippen LogP contribution in [-0.2, 0) is 27.2 Å². The van der Waals surface area contributed by atoms with E-state index in [0.29, 0.717) is 38.3 Å². The smallest absolute Gasteiger partial charge is 0.245 e. The second-order valence-electron chi connectivity index (χ2n) is 14.3. The Labute approximate surface area is 261 Å². The Hall–Kier alpha value is -3.26. The highest BCUT2D eigenvalue weighted by Crippen LogP contribution is 2.46. The third-order valence-electron chi connectivity index (χ3n) is 10.2. The van der Waals surface area contributed by atoms with Gasteiger partial charge in [0.15, 0.2) is 0 Å². The van der Waals surface area contributed by atoms with Gasteiger partial charge in [-0.2, -0.15) is 0 Å². The number of carbonyl (C=O) groups excluding carboxylic acids is 3. The Morgan fingerprint density at radius 2 is 1.64 bits per heavy atom. The van der Waals surface area contributed by atoms with E-state index in [9.17, 15) is 18.8 Å². The number of nitrogens with one attached hydrogen (secondary N) is 2. The summed E-state index contributed by atoms with van der Waals surface area (Å²) in [7, 11) is 0. The van der Waals surface area contributed by atoms with Crippen molar-refractivity contribution in [3.63, 3.8) is 0 Å². The molecule has 1 heterocycles. The number of rotatable bonds is 7. The molecular formula is C36H49FN4O3. The molecule has 2 aromatic rings. The minimum absolute atomic E-state index is 0.103. The van der Waals surface area contributed by atoms with Crippen LogP contribution in [0.2, 0.25) is 0 Å². The topological polar surface area (TPSA) is 105 Å². The van der Waals surface area contributed by atoms with Crippen molar-refractivity contribution >= 4 is 17.7 Å². The van der Waals surface area contributed by atoms with Crippen LogP contribution in [0.5, 0.6) is 0 Å². The summed E-state index contributed by atoms with van der Waals surface area (Å²) < 4.78 is 13.7. The van der Waals surface area contributed by atoms with Crippen molar-refractivity contribution in [3.05, 3.63) is 71.0 Å². The largest absolute Gasteiger partial charge is 0.351 e. The van der Waals surface area contributed by atoms with E-state index in [1.807, 2.05) is 43.9 Å². The fraction of sp³-hybridized carbons (Fsp3) is 0.583. The second-order valence-corrected chi connectivity index (χ2v) is 14.3. The van der Waals surface area contributed by atoms with Crippen LogP contribution in [0.3, 0.4) is 0 Å². The maximum absolute atomic E-state index is 14.2. The molecule has 0 radical (unpaired) electrons. The normalized spacial score (nSPS) is 22.9. The molecule has 44 heavy (non-hydrogen) atoms. The van der Waals surface area contributed by atoms with Crippen molar-refractivity contribution in [1.29, 1.82) is 0 Å². The third kappa shape index (κ3) is 7.17. The summed E-state index contributed by atoms with van der Waals surface area (Å²) >= 11 is 0. The summed E-state index contributed by atoms with van der Waals surface area (Å²) in [5, 5.41) is 6.33. The molecule has 3 atom stereocenters. The highest BCUT2D eigenvalue weighted by atomic mass is 19.1. The third-order valence-corrected chi connectivity index (χ3v) is 10.2. The number of fused-ring (bicyclic) bond motifs is 1. The number of nitrogens with zero attached hydrogens (tertiary/aromatic N) is 1. The zero-order valence-electron chi connectivity index (χ0n) is 26.5. The molecule has 2 aromatic carbocycles. The van der Waals surface area contributed by atoms with Gasteiger partial charge >= 0.3 is 0 Å². The first-order valence-corrected chi connectivity index (χ1v) is 16.5. The molecule has 4 N–H and O–H groups in total. The van der Waals surface area contributed by atoms with Crippen molar-refractivity contribution in [3.8, 4) is 0 Å². The molecule has 1 saturated heterocycles. The van der Waals surface area contributed by atoms with Crippen LogP contribution in [0.1, 0.15) is 94.9 Å². The van der Waals surface area contributed by atoms with E-state index < -0.39 is 23.4 Å². The van der Waals surface area contributed by atoms with E-state index in [4.69, 9.17) is 5.73 Å². The molecular weight excluding hydrogens is 555 g/mol. The fourth-order valence-corrected chi connectivity index (χ4v) is 7.71. The van der Waals surface area contributed by atoms with Gasteiger partial charge in [-0.25, -0.2) is 4.39 Å². The Balaban J connectivity index is 1.33. The van der Waals surface area contributed by atoms with E-state index >= 15 is 0 Å². The van der Waals surface area contributed by atoms with Gasteiger partial charge in [0.2, 0.25) is 17.7 Å². The summed E-state index contributed by atoms with van der Waals surface area (Å²) in [5.74, 6) is -0.787. The number of benzene rings is 2. The molecule has 7 nitrogen and oxygen atoms in total. The molecule has 0 aromatic heterocycles. The number of aryl methyl sites for hydroxylation is 1. The first-order chi connectivity index (χ1) is 21.0. The minimum Gasteiger partial charge on any atom is -0.351 e. The number of halogens is 1. The molecule has 8 heteroatoms. The summed E-state index contributed by atoms with van der Waals surface area (Å²) in [5.41, 5.74) is 8.66. The molecule has 2 fully saturated rings. The van der Waals surface area contributed by atoms with Crippen molar-refractivity contribution in [2.75, 3.05) is 13.1 Å². The molecule has 1 unspecified atom stereocenters. The zero-order chi connectivity index (χ0) is 31.5. The Kier molecular flexibility index (Phi) is 9.78. The van der Waals surface area contributed by atoms with E-state index in [1.54, 1.807) is 12.1 Å². The zero-order valence-corrected chi connectivity index (χ0v) is 26.5. The van der Waals surface area contributed by atoms with Crippen LogP contribution >= 0.6 is 0 Å². The van der Waals surface area contributed by atoms with E-state index in [0.717, 1.165) is 48.8 Å². The maximum Gasteiger partial charge on any atom is 0.245 e. The van der Waals surface area contributed by atoms with Crippen LogP contribution in [-0.4, -0.2) is 47.3 Å². The van der Waals surface area contributed by atoms with Crippen molar-refractivity contribution in [2.45, 2.75) is 103 Å². The number of hydrogen-bond donors (Lipinski definition) is 3. The monoisotopic (exact) mass is 604 g/mol. The van der Waals surface area contributed by atoms with Crippen molar-refractivity contribution in [1.82, 2.24) is 15.5 Å². The molecule has 0 spiro atoms. The van der Waals surface area contributed by atoms with Crippen LogP contribution < -0.4 is 16.4 Å². The Bertz CT molecular complexity index is 1320. The maximum atomic E-state index is 14.2. The lowest BCUT2D eigenvalue weighted by Gasteiger charge is -2.48. The quantitative estimate of drug-likeness (QED) is 0.403. The van der Waals surface area contributed by atoms with Gasteiger partial charge in [-0.05, 0) is 94.0 Å². The Morgan fingerprint density at radius 1 is 0.977 bits per heavy atom. The lowest BCUT2D eigenvalue weighted by atomic mass is 9.63. The number of nitrogens with two attached hydrogens (primary N) is 1. The molecule has 2 aliphatic carbocycles. The number of carbonyl (C=O) groups is 3. The SMILES string of the molecule is CC(C)(C)NC(=O)C1(C2CCCCC2)CCN(C(=O)[C@@H](Cc2ccc(F)cc2)NC(=O)C2CCc3ccccc3[C@H]2N)CC1. The van der Waals surface area contributed by atoms with Gasteiger partial charge in [-0.1, -0.05) is 55.7 Å². The number of likely N-dealkylation sites (tertiary alicyclic amines) is 1. The summed E-state index contributed by atoms with van der Waals surface area (Å²) in [6, 6.07) is 12.7. The van der Waals surface area contributed by atoms with Crippen LogP contribution in [0.25, 0.3) is 0 Å². The summed E-state index contributed by atoms with van der Waals surface area (Å²) in [6.45, 7) is 6.95. The molecule has 0 bridgehead atoms. The average Bonchev–Trinajstić information content (AvgIpc) is 3.01. The number of hydrogen-bond acceptors (Lipinski definition) is 4. The van der Waals surface area contributed by atoms with Crippen LogP contribution in [0.4, 0.5) is 4.39 Å². The first kappa shape index (κ1) is 32.1. The predicted molar refractivity (Wildman–Crippen MR) is 170 cm³/mol. The minimum atomic E-state index is -0.817. The van der Waals surface area contributed by atoms with E-state index in [1.165, 1.54) is 18.6 Å². The van der Waals surface area contributed by atoms with Gasteiger partial charge in [0.05, 0.1) is 11.3 Å². The summed E-state index contributed by atoms with van der Waals surface area (Å²) in [6.07, 6.45) is 8.38. The molecule has 1 aliphatic heterocycles. The van der Waals surface area contributed by atoms with E-state index in [2.05, 4.69) is 16.7 Å². The van der Waals surface area contributed by atoms with Gasteiger partial charge in [0, 0.05) is 31.1 Å². The predicted octanol–water partition coefficient (Wildman–Crippen LogP) is 5.22. The van der Waals surface area contributed by atoms with Gasteiger partial charge < -0.3 is 21.3 Å². The number of piperidine rings is 1. The molecule has 1 saturated carbocycles. The summed E-state index contributed by atoms with van der Waals surface area (Å²) in [4.78, 5) is 43.5. The van der Waals surface area contributed by atoms with Gasteiger partial charge in [-0.15, -0.1) is 0 Å². The first-order valence-electron chi connectivity index (χ1n) is 16.5. The molecule has 238 valence electrons. The van der Waals surface area contributed by atoms with Crippen LogP contribution in [0.15, 0.2) is 48.5 Å². The molecule has 3 aliphatic rings. The lowest BCUT2D eigenvalue weighted by molar-refractivity contribution is -0.147. The highest BCUT2D eigenvalue weighted by Gasteiger charge is 2.49. The fourth-order valence-electron chi connectivity index (χ4n) is 7.71. The molecule has 5 rings (SSSR count). The standard InChI is InChI=1S/C36H49FN4O3/c1-35(2,3)40-34(44)36(26-10-5-4-6-11-26)19-21-41(22-20-36)33(43)30(23-24-13-16-27(37)17-14-24)39-32(42)29-18-15-25-9-7-8-12-28(25)31(29)38/h7-9,12-14,16-17,26,29-31H,4-6,10-11,15,18-23,38H2,1-3H3,(H,39,42)(H,40,44)/t29?,30-,31-/m1/s1. The Morgan fingerprint density at radius 3 is 2.30 bits per heavy atom. The van der Waals surface area contributed by atoms with E-state index in [-0.39, 0.29) is 35.5 Å². The van der Waals surface area contributed by atoms with Crippen molar-refractivity contribution < 1.29 is 18.8 Å². The van der Waals surface area contributed by atoms with Gasteiger partial charge in [-0.3, -0.25) is 14.4 Å². The second kappa shape index (κ2) is 13.4. The average molecular weight is 605 g/mol. The van der Waals surface area contributed by atoms with Crippen LogP contribution in [0, 0.1) is 23.1 Å². The van der Waals surface area contributed by atoms with Gasteiger partial charge in [0.1, 0.15) is 11.9 Å². The lowest BCUT2D eigenvalue weighted by Crippen LogP contribution is -2.59. The molecule has 3 amide bonds. The highest BCUT2D eigenvalue weighted by molar-refractivity contribution is 5.90.